The third-order valence-corrected chi connectivity index (χ3v) is 10.9. The Morgan fingerprint density at radius 1 is 0.314 bits per heavy atom. The highest BCUT2D eigenvalue weighted by atomic mass is 14.6. The van der Waals surface area contributed by atoms with Crippen molar-refractivity contribution in [2.24, 2.45) is 0 Å². The molecule has 0 N–H and O–H groups in total. The van der Waals surface area contributed by atoms with Gasteiger partial charge in [0.05, 0.1) is 5.41 Å². The summed E-state index contributed by atoms with van der Waals surface area (Å²) in [5.74, 6) is 0. The van der Waals surface area contributed by atoms with Crippen molar-refractivity contribution in [1.82, 2.24) is 9.97 Å². The molecule has 2 aliphatic rings. The van der Waals surface area contributed by atoms with E-state index in [9.17, 15) is 0 Å². The summed E-state index contributed by atoms with van der Waals surface area (Å²) in [5, 5.41) is 0. The number of benzene rings is 6. The molecule has 8 aromatic rings. The van der Waals surface area contributed by atoms with E-state index < -0.39 is 5.41 Å². The summed E-state index contributed by atoms with van der Waals surface area (Å²) in [6, 6.07) is 54.5. The van der Waals surface area contributed by atoms with E-state index in [1.165, 1.54) is 77.9 Å². The summed E-state index contributed by atoms with van der Waals surface area (Å²) in [7, 11) is 0. The van der Waals surface area contributed by atoms with Gasteiger partial charge in [-0.15, -0.1) is 0 Å². The van der Waals surface area contributed by atoms with Crippen LogP contribution in [0.1, 0.15) is 33.4 Å². The van der Waals surface area contributed by atoms with Crippen LogP contribution in [0.4, 0.5) is 0 Å². The molecular formula is C49H34N2. The molecule has 1 spiro atoms. The van der Waals surface area contributed by atoms with Crippen LogP contribution in [-0.4, -0.2) is 9.97 Å². The molecule has 0 bridgehead atoms. The Balaban J connectivity index is 1.19. The topological polar surface area (TPSA) is 25.8 Å². The van der Waals surface area contributed by atoms with Gasteiger partial charge in [0.1, 0.15) is 0 Å². The highest BCUT2D eigenvalue weighted by molar-refractivity contribution is 5.97. The molecule has 2 nitrogen and oxygen atoms in total. The lowest BCUT2D eigenvalue weighted by atomic mass is 9.70. The highest BCUT2D eigenvalue weighted by Crippen LogP contribution is 2.63. The fourth-order valence-electron chi connectivity index (χ4n) is 8.68. The van der Waals surface area contributed by atoms with Gasteiger partial charge in [-0.2, -0.15) is 0 Å². The van der Waals surface area contributed by atoms with Crippen molar-refractivity contribution >= 4 is 0 Å². The smallest absolute Gasteiger partial charge is 0.0725 e. The molecule has 240 valence electrons. The minimum absolute atomic E-state index is 0.444. The van der Waals surface area contributed by atoms with Gasteiger partial charge < -0.3 is 0 Å². The molecule has 0 fully saturated rings. The molecule has 2 heterocycles. The zero-order valence-electron chi connectivity index (χ0n) is 28.6. The van der Waals surface area contributed by atoms with Gasteiger partial charge in [-0.05, 0) is 139 Å². The van der Waals surface area contributed by atoms with Crippen LogP contribution in [0.3, 0.4) is 0 Å². The zero-order valence-corrected chi connectivity index (χ0v) is 28.6. The van der Waals surface area contributed by atoms with Crippen LogP contribution in [0.15, 0.2) is 170 Å². The van der Waals surface area contributed by atoms with Crippen molar-refractivity contribution in [1.29, 1.82) is 0 Å². The number of pyridine rings is 2. The molecule has 0 radical (unpaired) electrons. The first kappa shape index (κ1) is 29.5. The molecule has 2 aliphatic carbocycles. The van der Waals surface area contributed by atoms with Crippen LogP contribution in [0.25, 0.3) is 66.8 Å². The van der Waals surface area contributed by atoms with Crippen LogP contribution in [0.5, 0.6) is 0 Å². The first-order valence-electron chi connectivity index (χ1n) is 17.6. The van der Waals surface area contributed by atoms with Gasteiger partial charge in [0.2, 0.25) is 0 Å². The number of fused-ring (bicyclic) bond motifs is 10. The fourth-order valence-corrected chi connectivity index (χ4v) is 8.68. The van der Waals surface area contributed by atoms with Gasteiger partial charge in [0, 0.05) is 35.9 Å². The van der Waals surface area contributed by atoms with E-state index >= 15 is 0 Å². The van der Waals surface area contributed by atoms with Crippen molar-refractivity contribution in [2.75, 3.05) is 0 Å². The van der Waals surface area contributed by atoms with Crippen molar-refractivity contribution < 1.29 is 0 Å². The standard InChI is InChI=1S/C49H34N2/c1-31-21-39(29-50-27-31)35-11-7-9-33(23-35)37-17-19-43-44-20-18-38(34-10-8-12-36(24-34)40-22-32(2)28-51-30-40)26-48(44)49(47(43)25-37)45-15-5-3-13-41(45)42-14-4-6-16-46(42)49/h3-30H,1-2H3. The molecule has 0 atom stereocenters. The number of aryl methyl sites for hydroxylation is 2. The van der Waals surface area contributed by atoms with Crippen molar-refractivity contribution in [2.45, 2.75) is 19.3 Å². The van der Waals surface area contributed by atoms with Gasteiger partial charge in [0.25, 0.3) is 0 Å². The number of nitrogens with zero attached hydrogens (tertiary/aromatic N) is 2. The van der Waals surface area contributed by atoms with E-state index in [1.807, 2.05) is 24.8 Å². The SMILES string of the molecule is Cc1cncc(-c2cccc(-c3ccc4c(c3)C3(c5ccccc5-c5ccccc53)c3cc(-c5cccc(-c6cncc(C)c6)c5)ccc3-4)c2)c1. The molecule has 0 aliphatic heterocycles. The lowest BCUT2D eigenvalue weighted by Crippen LogP contribution is -2.26. The van der Waals surface area contributed by atoms with Gasteiger partial charge >= 0.3 is 0 Å². The normalized spacial score (nSPS) is 13.1. The molecule has 2 aromatic heterocycles. The summed E-state index contributed by atoms with van der Waals surface area (Å²) in [4.78, 5) is 8.95. The summed E-state index contributed by atoms with van der Waals surface area (Å²) in [6.45, 7) is 4.19. The maximum absolute atomic E-state index is 4.47. The summed E-state index contributed by atoms with van der Waals surface area (Å²) in [5.41, 5.74) is 21.9. The Kier molecular flexibility index (Phi) is 6.56. The van der Waals surface area contributed by atoms with E-state index in [2.05, 4.69) is 169 Å². The van der Waals surface area contributed by atoms with E-state index in [0.717, 1.165) is 22.3 Å². The van der Waals surface area contributed by atoms with Gasteiger partial charge in [-0.1, -0.05) is 109 Å². The Bertz CT molecular complexity index is 2500. The predicted octanol–water partition coefficient (Wildman–Crippen LogP) is 12.1. The number of hydrogen-bond donors (Lipinski definition) is 0. The molecular weight excluding hydrogens is 617 g/mol. The zero-order chi connectivity index (χ0) is 34.1. The maximum atomic E-state index is 4.47. The third-order valence-electron chi connectivity index (χ3n) is 10.9. The first-order valence-corrected chi connectivity index (χ1v) is 17.6. The molecule has 0 saturated carbocycles. The minimum atomic E-state index is -0.444. The molecule has 0 amide bonds. The monoisotopic (exact) mass is 650 g/mol. The van der Waals surface area contributed by atoms with Crippen molar-refractivity contribution in [3.05, 3.63) is 204 Å². The highest BCUT2D eigenvalue weighted by Gasteiger charge is 2.51. The molecule has 51 heavy (non-hydrogen) atoms. The summed E-state index contributed by atoms with van der Waals surface area (Å²) in [6.07, 6.45) is 7.73. The Morgan fingerprint density at radius 3 is 1.16 bits per heavy atom. The molecule has 6 aromatic carbocycles. The second-order valence-corrected chi connectivity index (χ2v) is 14.0. The molecule has 2 heteroatoms. The van der Waals surface area contributed by atoms with Crippen LogP contribution in [0, 0.1) is 13.8 Å². The van der Waals surface area contributed by atoms with Crippen molar-refractivity contribution in [3.63, 3.8) is 0 Å². The third kappa shape index (κ3) is 4.50. The lowest BCUT2D eigenvalue weighted by Gasteiger charge is -2.31. The van der Waals surface area contributed by atoms with Crippen LogP contribution in [-0.2, 0) is 5.41 Å². The molecule has 10 rings (SSSR count). The largest absolute Gasteiger partial charge is 0.264 e. The first-order chi connectivity index (χ1) is 25.1. The van der Waals surface area contributed by atoms with Crippen molar-refractivity contribution in [3.8, 4) is 66.8 Å². The van der Waals surface area contributed by atoms with Crippen LogP contribution >= 0.6 is 0 Å². The number of aromatic nitrogens is 2. The van der Waals surface area contributed by atoms with Crippen LogP contribution in [0.2, 0.25) is 0 Å². The van der Waals surface area contributed by atoms with Gasteiger partial charge in [0.15, 0.2) is 0 Å². The summed E-state index contributed by atoms with van der Waals surface area (Å²) >= 11 is 0. The Hall–Kier alpha value is -6.38. The Morgan fingerprint density at radius 2 is 0.706 bits per heavy atom. The maximum Gasteiger partial charge on any atom is 0.0725 e. The second-order valence-electron chi connectivity index (χ2n) is 14.0. The van der Waals surface area contributed by atoms with Crippen LogP contribution < -0.4 is 0 Å². The van der Waals surface area contributed by atoms with E-state index in [0.29, 0.717) is 0 Å². The average molecular weight is 651 g/mol. The lowest BCUT2D eigenvalue weighted by molar-refractivity contribution is 0.794. The molecule has 0 saturated heterocycles. The van der Waals surface area contributed by atoms with E-state index in [1.54, 1.807) is 0 Å². The number of rotatable bonds is 4. The minimum Gasteiger partial charge on any atom is -0.264 e. The van der Waals surface area contributed by atoms with Gasteiger partial charge in [-0.25, -0.2) is 0 Å². The number of hydrogen-bond acceptors (Lipinski definition) is 2. The van der Waals surface area contributed by atoms with Gasteiger partial charge in [-0.3, -0.25) is 9.97 Å². The Labute approximate surface area is 298 Å². The molecule has 0 unspecified atom stereocenters. The second kappa shape index (κ2) is 11.3. The fraction of sp³-hybridized carbons (Fsp3) is 0.0612. The van der Waals surface area contributed by atoms with E-state index in [-0.39, 0.29) is 0 Å². The predicted molar refractivity (Wildman–Crippen MR) is 210 cm³/mol. The quantitative estimate of drug-likeness (QED) is 0.189. The summed E-state index contributed by atoms with van der Waals surface area (Å²) < 4.78 is 0. The van der Waals surface area contributed by atoms with E-state index in [4.69, 9.17) is 0 Å². The average Bonchev–Trinajstić information content (AvgIpc) is 3.65.